The summed E-state index contributed by atoms with van der Waals surface area (Å²) in [5.74, 6) is -0.296. The summed E-state index contributed by atoms with van der Waals surface area (Å²) >= 11 is 0. The van der Waals surface area contributed by atoms with Crippen LogP contribution in [-0.2, 0) is 11.3 Å². The second-order valence-corrected chi connectivity index (χ2v) is 7.54. The van der Waals surface area contributed by atoms with Crippen LogP contribution in [0.4, 0.5) is 14.0 Å². The van der Waals surface area contributed by atoms with Crippen molar-refractivity contribution in [3.8, 4) is 0 Å². The number of rotatable bonds is 5. The van der Waals surface area contributed by atoms with Crippen molar-refractivity contribution in [1.82, 2.24) is 20.4 Å². The van der Waals surface area contributed by atoms with E-state index in [9.17, 15) is 14.0 Å². The Morgan fingerprint density at radius 2 is 1.70 bits per heavy atom. The quantitative estimate of drug-likeness (QED) is 0.821. The number of hydrogen-bond donors (Lipinski definition) is 2. The van der Waals surface area contributed by atoms with Crippen LogP contribution in [-0.4, -0.2) is 66.8 Å². The number of carbonyl (C=O) groups excluding carboxylic acids is 2. The van der Waals surface area contributed by atoms with Crippen LogP contribution in [0, 0.1) is 5.82 Å². The van der Waals surface area contributed by atoms with Gasteiger partial charge in [-0.1, -0.05) is 12.1 Å². The molecule has 1 heterocycles. The molecule has 150 valence electrons. The van der Waals surface area contributed by atoms with E-state index in [2.05, 4.69) is 15.5 Å². The average Bonchev–Trinajstić information content (AvgIpc) is 2.60. The Hall–Kier alpha value is -2.35. The highest BCUT2D eigenvalue weighted by atomic mass is 19.1. The van der Waals surface area contributed by atoms with Crippen LogP contribution in [0.1, 0.15) is 26.3 Å². The minimum Gasteiger partial charge on any atom is -0.444 e. The number of halogens is 1. The third kappa shape index (κ3) is 7.82. The summed E-state index contributed by atoms with van der Waals surface area (Å²) in [5, 5.41) is 5.55. The summed E-state index contributed by atoms with van der Waals surface area (Å²) in [7, 11) is 0. The Morgan fingerprint density at radius 3 is 2.30 bits per heavy atom. The molecule has 1 fully saturated rings. The van der Waals surface area contributed by atoms with Crippen LogP contribution < -0.4 is 10.6 Å². The molecular weight excluding hydrogens is 351 g/mol. The van der Waals surface area contributed by atoms with Gasteiger partial charge in [0, 0.05) is 45.8 Å². The van der Waals surface area contributed by atoms with Crippen molar-refractivity contribution in [3.63, 3.8) is 0 Å². The van der Waals surface area contributed by atoms with E-state index < -0.39 is 5.60 Å². The van der Waals surface area contributed by atoms with Gasteiger partial charge in [0.2, 0.25) is 0 Å². The monoisotopic (exact) mass is 380 g/mol. The molecule has 1 aromatic carbocycles. The third-order valence-electron chi connectivity index (χ3n) is 4.10. The van der Waals surface area contributed by atoms with Crippen LogP contribution in [0.3, 0.4) is 0 Å². The molecule has 0 radical (unpaired) electrons. The lowest BCUT2D eigenvalue weighted by molar-refractivity contribution is 0.0147. The zero-order valence-corrected chi connectivity index (χ0v) is 16.3. The standard InChI is InChI=1S/C19H29FN4O3/c1-19(2,3)27-18(26)24-12-10-23(11-13-24)9-8-21-17(25)22-14-15-4-6-16(20)7-5-15/h4-7H,8-14H2,1-3H3,(H2,21,22,25). The first-order valence-electron chi connectivity index (χ1n) is 9.19. The van der Waals surface area contributed by atoms with Crippen LogP contribution in [0.5, 0.6) is 0 Å². The van der Waals surface area contributed by atoms with Crippen molar-refractivity contribution in [2.45, 2.75) is 32.9 Å². The zero-order chi connectivity index (χ0) is 19.9. The summed E-state index contributed by atoms with van der Waals surface area (Å²) in [6, 6.07) is 5.75. The Kier molecular flexibility index (Phi) is 7.41. The van der Waals surface area contributed by atoms with E-state index in [1.165, 1.54) is 12.1 Å². The van der Waals surface area contributed by atoms with Gasteiger partial charge in [-0.3, -0.25) is 4.90 Å². The Balaban J connectivity index is 1.59. The molecule has 1 aliphatic rings. The maximum Gasteiger partial charge on any atom is 0.410 e. The molecule has 3 amide bonds. The molecular formula is C19H29FN4O3. The van der Waals surface area contributed by atoms with Gasteiger partial charge < -0.3 is 20.3 Å². The third-order valence-corrected chi connectivity index (χ3v) is 4.10. The maximum atomic E-state index is 12.8. The van der Waals surface area contributed by atoms with E-state index in [1.54, 1.807) is 17.0 Å². The first-order valence-corrected chi connectivity index (χ1v) is 9.19. The molecule has 0 saturated carbocycles. The highest BCUT2D eigenvalue weighted by Crippen LogP contribution is 2.11. The molecule has 27 heavy (non-hydrogen) atoms. The molecule has 0 atom stereocenters. The van der Waals surface area contributed by atoms with E-state index in [0.29, 0.717) is 32.7 Å². The number of nitrogens with zero attached hydrogens (tertiary/aromatic N) is 2. The first-order chi connectivity index (χ1) is 12.7. The molecule has 0 aromatic heterocycles. The van der Waals surface area contributed by atoms with Crippen LogP contribution in [0.15, 0.2) is 24.3 Å². The first kappa shape index (κ1) is 21.0. The molecule has 1 aromatic rings. The molecule has 1 aliphatic heterocycles. The average molecular weight is 380 g/mol. The van der Waals surface area contributed by atoms with Gasteiger partial charge >= 0.3 is 12.1 Å². The van der Waals surface area contributed by atoms with Gasteiger partial charge in [-0.25, -0.2) is 14.0 Å². The minimum atomic E-state index is -0.487. The highest BCUT2D eigenvalue weighted by molar-refractivity contribution is 5.73. The fourth-order valence-electron chi connectivity index (χ4n) is 2.66. The Labute approximate surface area is 159 Å². The van der Waals surface area contributed by atoms with Crippen LogP contribution in [0.25, 0.3) is 0 Å². The molecule has 8 heteroatoms. The second kappa shape index (κ2) is 9.55. The normalized spacial score (nSPS) is 15.3. The van der Waals surface area contributed by atoms with Crippen molar-refractivity contribution in [2.24, 2.45) is 0 Å². The van der Waals surface area contributed by atoms with Gasteiger partial charge in [-0.15, -0.1) is 0 Å². The number of piperazine rings is 1. The molecule has 0 aliphatic carbocycles. The fraction of sp³-hybridized carbons (Fsp3) is 0.579. The number of hydrogen-bond acceptors (Lipinski definition) is 4. The maximum absolute atomic E-state index is 12.8. The Morgan fingerprint density at radius 1 is 1.07 bits per heavy atom. The number of amides is 3. The number of ether oxygens (including phenoxy) is 1. The fourth-order valence-corrected chi connectivity index (χ4v) is 2.66. The van der Waals surface area contributed by atoms with Gasteiger partial charge in [0.1, 0.15) is 11.4 Å². The van der Waals surface area contributed by atoms with Gasteiger partial charge in [0.25, 0.3) is 0 Å². The van der Waals surface area contributed by atoms with Gasteiger partial charge in [-0.2, -0.15) is 0 Å². The number of urea groups is 1. The predicted octanol–water partition coefficient (Wildman–Crippen LogP) is 2.18. The molecule has 7 nitrogen and oxygen atoms in total. The van der Waals surface area contributed by atoms with Crippen molar-refractivity contribution in [2.75, 3.05) is 39.3 Å². The zero-order valence-electron chi connectivity index (χ0n) is 16.3. The summed E-state index contributed by atoms with van der Waals surface area (Å²) < 4.78 is 18.2. The molecule has 2 rings (SSSR count). The lowest BCUT2D eigenvalue weighted by Crippen LogP contribution is -2.51. The minimum absolute atomic E-state index is 0.258. The SMILES string of the molecule is CC(C)(C)OC(=O)N1CCN(CCNC(=O)NCc2ccc(F)cc2)CC1. The van der Waals surface area contributed by atoms with Crippen molar-refractivity contribution >= 4 is 12.1 Å². The van der Waals surface area contributed by atoms with E-state index in [-0.39, 0.29) is 17.9 Å². The predicted molar refractivity (Wildman–Crippen MR) is 101 cm³/mol. The van der Waals surface area contributed by atoms with E-state index in [0.717, 1.165) is 18.7 Å². The van der Waals surface area contributed by atoms with E-state index >= 15 is 0 Å². The molecule has 0 spiro atoms. The number of carbonyl (C=O) groups is 2. The van der Waals surface area contributed by atoms with Gasteiger partial charge in [0.15, 0.2) is 0 Å². The largest absolute Gasteiger partial charge is 0.444 e. The van der Waals surface area contributed by atoms with E-state index in [4.69, 9.17) is 4.74 Å². The molecule has 2 N–H and O–H groups in total. The summed E-state index contributed by atoms with van der Waals surface area (Å²) in [5.41, 5.74) is 0.351. The topological polar surface area (TPSA) is 73.9 Å². The number of benzene rings is 1. The van der Waals surface area contributed by atoms with Crippen molar-refractivity contribution in [3.05, 3.63) is 35.6 Å². The van der Waals surface area contributed by atoms with Crippen LogP contribution in [0.2, 0.25) is 0 Å². The molecule has 0 bridgehead atoms. The lowest BCUT2D eigenvalue weighted by atomic mass is 10.2. The second-order valence-electron chi connectivity index (χ2n) is 7.54. The molecule has 0 unspecified atom stereocenters. The van der Waals surface area contributed by atoms with Crippen molar-refractivity contribution in [1.29, 1.82) is 0 Å². The lowest BCUT2D eigenvalue weighted by Gasteiger charge is -2.35. The summed E-state index contributed by atoms with van der Waals surface area (Å²) in [6.07, 6.45) is -0.277. The number of nitrogens with one attached hydrogen (secondary N) is 2. The Bertz CT molecular complexity index is 623. The van der Waals surface area contributed by atoms with Crippen molar-refractivity contribution < 1.29 is 18.7 Å². The summed E-state index contributed by atoms with van der Waals surface area (Å²) in [6.45, 7) is 9.87. The van der Waals surface area contributed by atoms with Gasteiger partial charge in [0.05, 0.1) is 0 Å². The highest BCUT2D eigenvalue weighted by Gasteiger charge is 2.25. The smallest absolute Gasteiger partial charge is 0.410 e. The molecule has 1 saturated heterocycles. The van der Waals surface area contributed by atoms with E-state index in [1.807, 2.05) is 20.8 Å². The summed E-state index contributed by atoms with van der Waals surface area (Å²) in [4.78, 5) is 27.8. The van der Waals surface area contributed by atoms with Crippen LogP contribution >= 0.6 is 0 Å². The van der Waals surface area contributed by atoms with Gasteiger partial charge in [-0.05, 0) is 38.5 Å².